The lowest BCUT2D eigenvalue weighted by atomic mass is 10.1. The number of halogens is 2. The number of hydrogen-bond acceptors (Lipinski definition) is 5. The predicted molar refractivity (Wildman–Crippen MR) is 123 cm³/mol. The maximum Gasteiger partial charge on any atom is 0.273 e. The lowest BCUT2D eigenvalue weighted by Crippen LogP contribution is -2.21. The molecule has 0 aliphatic heterocycles. The van der Waals surface area contributed by atoms with E-state index in [2.05, 4.69) is 31.8 Å². The van der Waals surface area contributed by atoms with E-state index in [1.54, 1.807) is 36.4 Å². The zero-order valence-corrected chi connectivity index (χ0v) is 18.8. The molecular weight excluding hydrogens is 481 g/mol. The highest BCUT2D eigenvalue weighted by molar-refractivity contribution is 9.10. The van der Waals surface area contributed by atoms with Crippen LogP contribution in [0.15, 0.2) is 70.2 Å². The van der Waals surface area contributed by atoms with E-state index in [1.165, 1.54) is 44.7 Å². The average Bonchev–Trinajstić information content (AvgIpc) is 2.80. The molecule has 2 amide bonds. The molecule has 0 atom stereocenters. The summed E-state index contributed by atoms with van der Waals surface area (Å²) in [5.41, 5.74) is 3.79. The molecule has 0 heterocycles. The first kappa shape index (κ1) is 23.0. The second-order valence-electron chi connectivity index (χ2n) is 6.50. The number of hydrazone groups is 1. The Kier molecular flexibility index (Phi) is 7.56. The molecule has 3 aromatic rings. The molecular formula is C23H19BrFN3O4. The summed E-state index contributed by atoms with van der Waals surface area (Å²) in [6.45, 7) is 0. The molecule has 0 aliphatic rings. The zero-order valence-electron chi connectivity index (χ0n) is 17.2. The van der Waals surface area contributed by atoms with Gasteiger partial charge in [-0.15, -0.1) is 0 Å². The minimum absolute atomic E-state index is 0.193. The van der Waals surface area contributed by atoms with E-state index in [4.69, 9.17) is 9.47 Å². The van der Waals surface area contributed by atoms with Crippen LogP contribution in [0.3, 0.4) is 0 Å². The van der Waals surface area contributed by atoms with E-state index in [-0.39, 0.29) is 17.1 Å². The molecule has 2 N–H and O–H groups in total. The molecule has 0 bridgehead atoms. The van der Waals surface area contributed by atoms with E-state index in [0.717, 1.165) is 0 Å². The summed E-state index contributed by atoms with van der Waals surface area (Å²) in [5.74, 6) is -0.442. The number of carbonyl (C=O) groups excluding carboxylic acids is 2. The van der Waals surface area contributed by atoms with Crippen molar-refractivity contribution in [2.75, 3.05) is 19.5 Å². The molecule has 0 aromatic heterocycles. The van der Waals surface area contributed by atoms with Crippen LogP contribution in [-0.2, 0) is 0 Å². The zero-order chi connectivity index (χ0) is 23.1. The maximum absolute atomic E-state index is 13.0. The molecule has 0 aliphatic carbocycles. The molecule has 3 rings (SSSR count). The van der Waals surface area contributed by atoms with Gasteiger partial charge >= 0.3 is 0 Å². The van der Waals surface area contributed by atoms with Crippen molar-refractivity contribution < 1.29 is 23.5 Å². The van der Waals surface area contributed by atoms with Gasteiger partial charge in [-0.25, -0.2) is 9.82 Å². The minimum Gasteiger partial charge on any atom is -0.497 e. The number of hydrogen-bond donors (Lipinski definition) is 2. The highest BCUT2D eigenvalue weighted by atomic mass is 79.9. The molecule has 0 fully saturated rings. The summed E-state index contributed by atoms with van der Waals surface area (Å²) in [6.07, 6.45) is 1.39. The first-order valence-corrected chi connectivity index (χ1v) is 10.1. The maximum atomic E-state index is 13.0. The van der Waals surface area contributed by atoms with Crippen LogP contribution >= 0.6 is 15.9 Å². The van der Waals surface area contributed by atoms with Crippen molar-refractivity contribution in [2.24, 2.45) is 5.10 Å². The van der Waals surface area contributed by atoms with Crippen LogP contribution in [0.4, 0.5) is 10.1 Å². The summed E-state index contributed by atoms with van der Waals surface area (Å²) >= 11 is 3.33. The Bertz CT molecular complexity index is 1140. The molecule has 9 heteroatoms. The highest BCUT2D eigenvalue weighted by Crippen LogP contribution is 2.25. The molecule has 0 saturated heterocycles. The predicted octanol–water partition coefficient (Wildman–Crippen LogP) is 4.62. The van der Waals surface area contributed by atoms with Crippen LogP contribution in [0, 0.1) is 5.82 Å². The van der Waals surface area contributed by atoms with Gasteiger partial charge in [0.1, 0.15) is 17.3 Å². The van der Waals surface area contributed by atoms with Crippen LogP contribution in [0.2, 0.25) is 0 Å². The van der Waals surface area contributed by atoms with Crippen LogP contribution in [0.25, 0.3) is 0 Å². The van der Waals surface area contributed by atoms with Gasteiger partial charge in [0.15, 0.2) is 0 Å². The summed E-state index contributed by atoms with van der Waals surface area (Å²) in [4.78, 5) is 25.5. The minimum atomic E-state index is -0.539. The van der Waals surface area contributed by atoms with Crippen LogP contribution in [0.5, 0.6) is 11.5 Å². The van der Waals surface area contributed by atoms with E-state index >= 15 is 0 Å². The van der Waals surface area contributed by atoms with Crippen LogP contribution in [-0.4, -0.2) is 32.2 Å². The molecule has 0 radical (unpaired) electrons. The Hall–Kier alpha value is -3.72. The van der Waals surface area contributed by atoms with Crippen molar-refractivity contribution in [1.29, 1.82) is 0 Å². The fraction of sp³-hybridized carbons (Fsp3) is 0.0870. The SMILES string of the molecule is COc1cc(OC)cc(C(=O)Nc2ccc(Br)cc2C(=O)N/N=C/c2ccc(F)cc2)c1. The lowest BCUT2D eigenvalue weighted by molar-refractivity contribution is 0.0956. The number of benzene rings is 3. The molecule has 164 valence electrons. The summed E-state index contributed by atoms with van der Waals surface area (Å²) < 4.78 is 24.0. The van der Waals surface area contributed by atoms with Crippen molar-refractivity contribution in [3.05, 3.63) is 87.6 Å². The molecule has 0 saturated carbocycles. The van der Waals surface area contributed by atoms with Gasteiger partial charge in [0.2, 0.25) is 0 Å². The molecule has 7 nitrogen and oxygen atoms in total. The third-order valence-electron chi connectivity index (χ3n) is 4.34. The second-order valence-corrected chi connectivity index (χ2v) is 7.41. The van der Waals surface area contributed by atoms with Gasteiger partial charge in [-0.2, -0.15) is 5.10 Å². The van der Waals surface area contributed by atoms with Crippen molar-refractivity contribution >= 4 is 39.6 Å². The summed E-state index contributed by atoms with van der Waals surface area (Å²) in [5, 5.41) is 6.62. The van der Waals surface area contributed by atoms with Gasteiger partial charge in [0.05, 0.1) is 31.7 Å². The normalized spacial score (nSPS) is 10.6. The lowest BCUT2D eigenvalue weighted by Gasteiger charge is -2.12. The largest absolute Gasteiger partial charge is 0.497 e. The Labute approximate surface area is 192 Å². The third kappa shape index (κ3) is 5.92. The smallest absolute Gasteiger partial charge is 0.273 e. The van der Waals surface area contributed by atoms with E-state index in [1.807, 2.05) is 0 Å². The Balaban J connectivity index is 1.79. The molecule has 3 aromatic carbocycles. The van der Waals surface area contributed by atoms with Gasteiger partial charge in [0.25, 0.3) is 11.8 Å². The van der Waals surface area contributed by atoms with Gasteiger partial charge in [-0.1, -0.05) is 28.1 Å². The number of carbonyl (C=O) groups is 2. The van der Waals surface area contributed by atoms with Crippen LogP contribution in [0.1, 0.15) is 26.3 Å². The topological polar surface area (TPSA) is 89.0 Å². The van der Waals surface area contributed by atoms with Gasteiger partial charge in [-0.05, 0) is 48.0 Å². The second kappa shape index (κ2) is 10.5. The van der Waals surface area contributed by atoms with E-state index < -0.39 is 11.8 Å². The molecule has 0 unspecified atom stereocenters. The monoisotopic (exact) mass is 499 g/mol. The van der Waals surface area contributed by atoms with E-state index in [0.29, 0.717) is 27.1 Å². The third-order valence-corrected chi connectivity index (χ3v) is 4.83. The number of nitrogens with one attached hydrogen (secondary N) is 2. The number of ether oxygens (including phenoxy) is 2. The van der Waals surface area contributed by atoms with Crippen molar-refractivity contribution in [2.45, 2.75) is 0 Å². The number of anilines is 1. The first-order valence-electron chi connectivity index (χ1n) is 9.32. The fourth-order valence-electron chi connectivity index (χ4n) is 2.72. The van der Waals surface area contributed by atoms with E-state index in [9.17, 15) is 14.0 Å². The molecule has 32 heavy (non-hydrogen) atoms. The van der Waals surface area contributed by atoms with Gasteiger partial charge < -0.3 is 14.8 Å². The Morgan fingerprint density at radius 3 is 2.22 bits per heavy atom. The van der Waals surface area contributed by atoms with Crippen molar-refractivity contribution in [3.8, 4) is 11.5 Å². The number of methoxy groups -OCH3 is 2. The summed E-state index contributed by atoms with van der Waals surface area (Å²) in [7, 11) is 2.97. The average molecular weight is 500 g/mol. The quantitative estimate of drug-likeness (QED) is 0.366. The highest BCUT2D eigenvalue weighted by Gasteiger charge is 2.16. The van der Waals surface area contributed by atoms with Crippen LogP contribution < -0.4 is 20.2 Å². The van der Waals surface area contributed by atoms with Crippen molar-refractivity contribution in [3.63, 3.8) is 0 Å². The van der Waals surface area contributed by atoms with Gasteiger partial charge in [-0.3, -0.25) is 9.59 Å². The molecule has 0 spiro atoms. The van der Waals surface area contributed by atoms with Crippen molar-refractivity contribution in [1.82, 2.24) is 5.43 Å². The fourth-order valence-corrected chi connectivity index (χ4v) is 3.08. The standard InChI is InChI=1S/C23H19BrFN3O4/c1-31-18-9-15(10-19(12-18)32-2)22(29)27-21-8-5-16(24)11-20(21)23(30)28-26-13-14-3-6-17(25)7-4-14/h3-13H,1-2H3,(H,27,29)(H,28,30)/b26-13+. The number of amides is 2. The number of nitrogens with zero attached hydrogens (tertiary/aromatic N) is 1. The number of rotatable bonds is 7. The first-order chi connectivity index (χ1) is 15.4. The summed E-state index contributed by atoms with van der Waals surface area (Å²) in [6, 6.07) is 15.2. The Morgan fingerprint density at radius 2 is 1.59 bits per heavy atom. The Morgan fingerprint density at radius 1 is 0.938 bits per heavy atom. The van der Waals surface area contributed by atoms with Gasteiger partial charge in [0, 0.05) is 16.1 Å².